The van der Waals surface area contributed by atoms with Crippen molar-refractivity contribution in [1.82, 2.24) is 10.2 Å². The maximum Gasteiger partial charge on any atom is 0.317 e. The molecule has 0 aliphatic heterocycles. The van der Waals surface area contributed by atoms with Gasteiger partial charge in [0.25, 0.3) is 0 Å². The number of benzene rings is 1. The number of likely N-dealkylation sites (N-methyl/N-ethyl adjacent to an activating group) is 1. The van der Waals surface area contributed by atoms with Crippen molar-refractivity contribution in [1.29, 1.82) is 0 Å². The molecule has 5 heteroatoms. The molecule has 0 aliphatic carbocycles. The van der Waals surface area contributed by atoms with Crippen molar-refractivity contribution < 1.29 is 9.90 Å². The standard InChI is InChI=1S/C14H21ClN2O2/c1-10(11-5-7-12(15)8-6-11)16-13(18)17(4)9-14(2,3)19/h5-8,10,19H,9H2,1-4H3,(H,16,18). The summed E-state index contributed by atoms with van der Waals surface area (Å²) in [6.45, 7) is 5.50. The molecule has 0 spiro atoms. The predicted molar refractivity (Wildman–Crippen MR) is 77.3 cm³/mol. The van der Waals surface area contributed by atoms with Gasteiger partial charge in [-0.05, 0) is 38.5 Å². The van der Waals surface area contributed by atoms with Crippen LogP contribution < -0.4 is 5.32 Å². The Morgan fingerprint density at radius 2 is 1.95 bits per heavy atom. The lowest BCUT2D eigenvalue weighted by Gasteiger charge is -2.27. The largest absolute Gasteiger partial charge is 0.389 e. The van der Waals surface area contributed by atoms with Crippen LogP contribution in [0.4, 0.5) is 4.79 Å². The van der Waals surface area contributed by atoms with E-state index in [0.29, 0.717) is 5.02 Å². The second-order valence-electron chi connectivity index (χ2n) is 5.39. The van der Waals surface area contributed by atoms with E-state index in [0.717, 1.165) is 5.56 Å². The van der Waals surface area contributed by atoms with E-state index in [-0.39, 0.29) is 18.6 Å². The van der Waals surface area contributed by atoms with Crippen LogP contribution >= 0.6 is 11.6 Å². The lowest BCUT2D eigenvalue weighted by atomic mass is 10.1. The van der Waals surface area contributed by atoms with E-state index >= 15 is 0 Å². The van der Waals surface area contributed by atoms with E-state index in [1.165, 1.54) is 4.90 Å². The summed E-state index contributed by atoms with van der Waals surface area (Å²) in [6, 6.07) is 7.01. The van der Waals surface area contributed by atoms with Crippen molar-refractivity contribution >= 4 is 17.6 Å². The van der Waals surface area contributed by atoms with Gasteiger partial charge in [-0.25, -0.2) is 4.79 Å². The molecule has 1 atom stereocenters. The Morgan fingerprint density at radius 3 is 2.42 bits per heavy atom. The highest BCUT2D eigenvalue weighted by Gasteiger charge is 2.20. The Hall–Kier alpha value is -1.26. The molecule has 1 unspecified atom stereocenters. The van der Waals surface area contributed by atoms with Crippen LogP contribution in [0.15, 0.2) is 24.3 Å². The molecule has 1 aromatic carbocycles. The van der Waals surface area contributed by atoms with Crippen LogP contribution in [0.5, 0.6) is 0 Å². The second-order valence-corrected chi connectivity index (χ2v) is 5.83. The Morgan fingerprint density at radius 1 is 1.42 bits per heavy atom. The van der Waals surface area contributed by atoms with Gasteiger partial charge in [0.1, 0.15) is 0 Å². The number of carbonyl (C=O) groups excluding carboxylic acids is 1. The lowest BCUT2D eigenvalue weighted by molar-refractivity contribution is 0.0528. The van der Waals surface area contributed by atoms with Gasteiger partial charge in [0.15, 0.2) is 0 Å². The normalized spacial score (nSPS) is 12.9. The van der Waals surface area contributed by atoms with Gasteiger partial charge < -0.3 is 15.3 Å². The van der Waals surface area contributed by atoms with Crippen molar-refractivity contribution in [3.05, 3.63) is 34.9 Å². The van der Waals surface area contributed by atoms with Crippen LogP contribution in [0.25, 0.3) is 0 Å². The van der Waals surface area contributed by atoms with E-state index in [9.17, 15) is 9.90 Å². The van der Waals surface area contributed by atoms with Crippen LogP contribution in [-0.4, -0.2) is 35.2 Å². The minimum atomic E-state index is -0.907. The third-order valence-corrected chi connectivity index (χ3v) is 2.93. The second kappa shape index (κ2) is 6.26. The van der Waals surface area contributed by atoms with E-state index in [1.54, 1.807) is 33.0 Å². The number of hydrogen-bond donors (Lipinski definition) is 2. The fourth-order valence-electron chi connectivity index (χ4n) is 1.78. The fourth-order valence-corrected chi connectivity index (χ4v) is 1.91. The fraction of sp³-hybridized carbons (Fsp3) is 0.500. The Balaban J connectivity index is 2.59. The molecule has 0 saturated carbocycles. The first-order valence-corrected chi connectivity index (χ1v) is 6.56. The highest BCUT2D eigenvalue weighted by Crippen LogP contribution is 2.16. The molecule has 19 heavy (non-hydrogen) atoms. The SMILES string of the molecule is CC(NC(=O)N(C)CC(C)(C)O)c1ccc(Cl)cc1. The number of nitrogens with zero attached hydrogens (tertiary/aromatic N) is 1. The van der Waals surface area contributed by atoms with E-state index in [4.69, 9.17) is 11.6 Å². The smallest absolute Gasteiger partial charge is 0.317 e. The quantitative estimate of drug-likeness (QED) is 0.893. The monoisotopic (exact) mass is 284 g/mol. The van der Waals surface area contributed by atoms with Gasteiger partial charge in [0.05, 0.1) is 18.2 Å². The molecule has 1 rings (SSSR count). The topological polar surface area (TPSA) is 52.6 Å². The minimum absolute atomic E-state index is 0.117. The molecular weight excluding hydrogens is 264 g/mol. The predicted octanol–water partition coefficient (Wildman–Crippen LogP) is 2.81. The Kier molecular flexibility index (Phi) is 5.20. The van der Waals surface area contributed by atoms with Crippen molar-refractivity contribution in [3.63, 3.8) is 0 Å². The average molecular weight is 285 g/mol. The summed E-state index contributed by atoms with van der Waals surface area (Å²) in [4.78, 5) is 13.4. The van der Waals surface area contributed by atoms with Gasteiger partial charge in [0.2, 0.25) is 0 Å². The molecule has 4 nitrogen and oxygen atoms in total. The van der Waals surface area contributed by atoms with Crippen molar-refractivity contribution in [2.45, 2.75) is 32.4 Å². The van der Waals surface area contributed by atoms with Crippen molar-refractivity contribution in [2.75, 3.05) is 13.6 Å². The van der Waals surface area contributed by atoms with E-state index < -0.39 is 5.60 Å². The minimum Gasteiger partial charge on any atom is -0.389 e. The maximum atomic E-state index is 11.9. The average Bonchev–Trinajstić information content (AvgIpc) is 2.27. The molecule has 0 heterocycles. The number of halogens is 1. The van der Waals surface area contributed by atoms with Crippen LogP contribution in [0, 0.1) is 0 Å². The first-order chi connectivity index (χ1) is 8.69. The first kappa shape index (κ1) is 15.8. The van der Waals surface area contributed by atoms with Gasteiger partial charge in [-0.1, -0.05) is 23.7 Å². The number of urea groups is 1. The zero-order valence-corrected chi connectivity index (χ0v) is 12.5. The summed E-state index contributed by atoms with van der Waals surface area (Å²) in [7, 11) is 1.65. The summed E-state index contributed by atoms with van der Waals surface area (Å²) in [6.07, 6.45) is 0. The highest BCUT2D eigenvalue weighted by atomic mass is 35.5. The molecule has 106 valence electrons. The van der Waals surface area contributed by atoms with Crippen LogP contribution in [0.1, 0.15) is 32.4 Å². The Bertz CT molecular complexity index is 426. The molecule has 1 aromatic rings. The van der Waals surface area contributed by atoms with Gasteiger partial charge in [0, 0.05) is 12.1 Å². The molecule has 2 N–H and O–H groups in total. The Labute approximate surface area is 119 Å². The number of aliphatic hydroxyl groups is 1. The summed E-state index contributed by atoms with van der Waals surface area (Å²) in [5, 5.41) is 13.2. The number of hydrogen-bond acceptors (Lipinski definition) is 2. The molecule has 0 aliphatic rings. The van der Waals surface area contributed by atoms with Crippen LogP contribution in [-0.2, 0) is 0 Å². The zero-order chi connectivity index (χ0) is 14.6. The lowest BCUT2D eigenvalue weighted by Crippen LogP contribution is -2.45. The number of carbonyl (C=O) groups is 1. The molecule has 2 amide bonds. The number of amides is 2. The zero-order valence-electron chi connectivity index (χ0n) is 11.8. The van der Waals surface area contributed by atoms with Gasteiger partial charge >= 0.3 is 6.03 Å². The number of rotatable bonds is 4. The molecule has 0 radical (unpaired) electrons. The molecule has 0 bridgehead atoms. The molecule has 0 saturated heterocycles. The summed E-state index contributed by atoms with van der Waals surface area (Å²) in [5.41, 5.74) is 0.0738. The van der Waals surface area contributed by atoms with Crippen molar-refractivity contribution in [2.24, 2.45) is 0 Å². The molecule has 0 fully saturated rings. The summed E-state index contributed by atoms with van der Waals surface area (Å²) < 4.78 is 0. The van der Waals surface area contributed by atoms with Crippen LogP contribution in [0.3, 0.4) is 0 Å². The molecule has 0 aromatic heterocycles. The number of nitrogens with one attached hydrogen (secondary N) is 1. The van der Waals surface area contributed by atoms with E-state index in [2.05, 4.69) is 5.32 Å². The summed E-state index contributed by atoms with van der Waals surface area (Å²) in [5.74, 6) is 0. The third kappa shape index (κ3) is 5.49. The van der Waals surface area contributed by atoms with Gasteiger partial charge in [-0.3, -0.25) is 0 Å². The summed E-state index contributed by atoms with van der Waals surface area (Å²) >= 11 is 5.82. The first-order valence-electron chi connectivity index (χ1n) is 6.18. The van der Waals surface area contributed by atoms with E-state index in [1.807, 2.05) is 19.1 Å². The maximum absolute atomic E-state index is 11.9. The highest BCUT2D eigenvalue weighted by molar-refractivity contribution is 6.30. The van der Waals surface area contributed by atoms with Gasteiger partial charge in [-0.2, -0.15) is 0 Å². The molecular formula is C14H21ClN2O2. The van der Waals surface area contributed by atoms with Crippen LogP contribution in [0.2, 0.25) is 5.02 Å². The third-order valence-electron chi connectivity index (χ3n) is 2.68. The van der Waals surface area contributed by atoms with Gasteiger partial charge in [-0.15, -0.1) is 0 Å². The van der Waals surface area contributed by atoms with Crippen molar-refractivity contribution in [3.8, 4) is 0 Å².